The van der Waals surface area contributed by atoms with Crippen LogP contribution in [0, 0.1) is 11.6 Å². The number of hydrogen-bond acceptors (Lipinski definition) is 3. The highest BCUT2D eigenvalue weighted by Gasteiger charge is 2.11. The summed E-state index contributed by atoms with van der Waals surface area (Å²) in [7, 11) is 0. The molecule has 4 nitrogen and oxygen atoms in total. The average Bonchev–Trinajstić information content (AvgIpc) is 2.50. The van der Waals surface area contributed by atoms with E-state index in [2.05, 4.69) is 5.32 Å². The number of halogens is 2. The molecule has 0 aliphatic carbocycles. The highest BCUT2D eigenvalue weighted by Crippen LogP contribution is 2.16. The van der Waals surface area contributed by atoms with E-state index >= 15 is 0 Å². The third-order valence-electron chi connectivity index (χ3n) is 2.75. The van der Waals surface area contributed by atoms with Gasteiger partial charge in [-0.15, -0.1) is 0 Å². The molecule has 3 N–H and O–H groups in total. The van der Waals surface area contributed by atoms with Crippen LogP contribution in [0.15, 0.2) is 42.5 Å². The first-order valence-corrected chi connectivity index (χ1v) is 6.26. The Hall–Kier alpha value is -2.47. The van der Waals surface area contributed by atoms with E-state index in [9.17, 15) is 13.6 Å². The molecule has 2 aromatic carbocycles. The number of nitrogens with two attached hydrogens (primary N) is 1. The second-order valence-electron chi connectivity index (χ2n) is 4.29. The molecule has 0 aromatic heterocycles. The van der Waals surface area contributed by atoms with Gasteiger partial charge >= 0.3 is 0 Å². The monoisotopic (exact) mass is 292 g/mol. The maximum absolute atomic E-state index is 13.4. The minimum atomic E-state index is -1.10. The molecule has 2 rings (SSSR count). The summed E-state index contributed by atoms with van der Waals surface area (Å²) in [6, 6.07) is 10.5. The van der Waals surface area contributed by atoms with Crippen molar-refractivity contribution < 1.29 is 18.3 Å². The van der Waals surface area contributed by atoms with Crippen molar-refractivity contribution in [3.05, 3.63) is 59.7 Å². The molecular formula is C15H14F2N2O2. The van der Waals surface area contributed by atoms with E-state index in [1.54, 1.807) is 24.3 Å². The summed E-state index contributed by atoms with van der Waals surface area (Å²) >= 11 is 0. The third-order valence-corrected chi connectivity index (χ3v) is 2.75. The van der Waals surface area contributed by atoms with Gasteiger partial charge in [-0.25, -0.2) is 8.78 Å². The predicted molar refractivity (Wildman–Crippen MR) is 74.8 cm³/mol. The van der Waals surface area contributed by atoms with Crippen molar-refractivity contribution in [3.63, 3.8) is 0 Å². The molecule has 0 saturated carbocycles. The Morgan fingerprint density at radius 3 is 2.52 bits per heavy atom. The Bertz CT molecular complexity index is 630. The molecule has 1 amide bonds. The number of hydrogen-bond donors (Lipinski definition) is 2. The molecular weight excluding hydrogens is 278 g/mol. The molecule has 6 heteroatoms. The molecule has 110 valence electrons. The van der Waals surface area contributed by atoms with Crippen LogP contribution in [0.25, 0.3) is 0 Å². The summed E-state index contributed by atoms with van der Waals surface area (Å²) in [5.41, 5.74) is 6.18. The minimum absolute atomic E-state index is 0.220. The molecule has 0 atom stereocenters. The van der Waals surface area contributed by atoms with E-state index in [0.29, 0.717) is 12.3 Å². The molecule has 0 aliphatic heterocycles. The Balaban J connectivity index is 1.91. The van der Waals surface area contributed by atoms with Gasteiger partial charge in [-0.3, -0.25) is 4.79 Å². The second-order valence-corrected chi connectivity index (χ2v) is 4.29. The van der Waals surface area contributed by atoms with Gasteiger partial charge in [0.2, 0.25) is 0 Å². The number of nitrogens with one attached hydrogen (secondary N) is 1. The lowest BCUT2D eigenvalue weighted by molar-refractivity contribution is -0.118. The number of ether oxygens (including phenoxy) is 1. The second kappa shape index (κ2) is 6.81. The predicted octanol–water partition coefficient (Wildman–Crippen LogP) is 2.44. The van der Waals surface area contributed by atoms with Crippen LogP contribution in [-0.2, 0) is 11.3 Å². The minimum Gasteiger partial charge on any atom is -0.484 e. The fourth-order valence-corrected chi connectivity index (χ4v) is 1.66. The average molecular weight is 292 g/mol. The van der Waals surface area contributed by atoms with Crippen LogP contribution in [0.3, 0.4) is 0 Å². The maximum atomic E-state index is 13.4. The van der Waals surface area contributed by atoms with E-state index < -0.39 is 17.5 Å². The largest absolute Gasteiger partial charge is 0.484 e. The van der Waals surface area contributed by atoms with Crippen LogP contribution in [0.1, 0.15) is 5.56 Å². The molecule has 0 heterocycles. The van der Waals surface area contributed by atoms with Gasteiger partial charge in [0.05, 0.1) is 5.69 Å². The van der Waals surface area contributed by atoms with E-state index in [1.807, 2.05) is 0 Å². The van der Waals surface area contributed by atoms with Gasteiger partial charge in [-0.2, -0.15) is 0 Å². The van der Waals surface area contributed by atoms with Crippen LogP contribution in [-0.4, -0.2) is 12.5 Å². The van der Waals surface area contributed by atoms with Gasteiger partial charge < -0.3 is 15.8 Å². The topological polar surface area (TPSA) is 64.3 Å². The van der Waals surface area contributed by atoms with Crippen molar-refractivity contribution in [2.75, 3.05) is 11.9 Å². The number of rotatable bonds is 5. The zero-order chi connectivity index (χ0) is 15.2. The summed E-state index contributed by atoms with van der Waals surface area (Å²) in [4.78, 5) is 11.6. The van der Waals surface area contributed by atoms with Crippen LogP contribution < -0.4 is 15.8 Å². The number of carbonyl (C=O) groups is 1. The summed E-state index contributed by atoms with van der Waals surface area (Å²) < 4.78 is 31.6. The third kappa shape index (κ3) is 4.00. The molecule has 21 heavy (non-hydrogen) atoms. The Morgan fingerprint density at radius 1 is 1.14 bits per heavy atom. The smallest absolute Gasteiger partial charge is 0.262 e. The summed E-state index contributed by atoms with van der Waals surface area (Å²) in [6.45, 7) is 0.109. The Morgan fingerprint density at radius 2 is 1.86 bits per heavy atom. The summed E-state index contributed by atoms with van der Waals surface area (Å²) in [5.74, 6) is -2.21. The fraction of sp³-hybridized carbons (Fsp3) is 0.133. The van der Waals surface area contributed by atoms with Crippen LogP contribution in [0.2, 0.25) is 0 Å². The van der Waals surface area contributed by atoms with Crippen LogP contribution >= 0.6 is 0 Å². The standard InChI is InChI=1S/C15H14F2N2O2/c16-12-2-1-3-13(15(12)17)19-14(20)9-21-11-6-4-10(8-18)5-7-11/h1-7H,8-9,18H2,(H,19,20). The molecule has 0 radical (unpaired) electrons. The first-order valence-electron chi connectivity index (χ1n) is 6.26. The lowest BCUT2D eigenvalue weighted by Gasteiger charge is -2.08. The Labute approximate surface area is 120 Å². The zero-order valence-corrected chi connectivity index (χ0v) is 11.1. The van der Waals surface area contributed by atoms with Crippen molar-refractivity contribution in [2.24, 2.45) is 5.73 Å². The lowest BCUT2D eigenvalue weighted by atomic mass is 10.2. The van der Waals surface area contributed by atoms with Crippen molar-refractivity contribution in [1.29, 1.82) is 0 Å². The first-order chi connectivity index (χ1) is 10.1. The van der Waals surface area contributed by atoms with E-state index in [4.69, 9.17) is 10.5 Å². The van der Waals surface area contributed by atoms with E-state index in [0.717, 1.165) is 11.6 Å². The first kappa shape index (κ1) is 14.9. The molecule has 0 unspecified atom stereocenters. The summed E-state index contributed by atoms with van der Waals surface area (Å²) in [6.07, 6.45) is 0. The summed E-state index contributed by atoms with van der Waals surface area (Å²) in [5, 5.41) is 2.24. The molecule has 0 saturated heterocycles. The van der Waals surface area contributed by atoms with Crippen molar-refractivity contribution >= 4 is 11.6 Å². The lowest BCUT2D eigenvalue weighted by Crippen LogP contribution is -2.21. The molecule has 2 aromatic rings. The number of amides is 1. The molecule has 0 spiro atoms. The number of carbonyl (C=O) groups excluding carboxylic acids is 1. The molecule has 0 bridgehead atoms. The SMILES string of the molecule is NCc1ccc(OCC(=O)Nc2cccc(F)c2F)cc1. The van der Waals surface area contributed by atoms with Gasteiger partial charge in [0.25, 0.3) is 5.91 Å². The van der Waals surface area contributed by atoms with Gasteiger partial charge in [0, 0.05) is 6.54 Å². The van der Waals surface area contributed by atoms with Gasteiger partial charge in [-0.1, -0.05) is 18.2 Å². The maximum Gasteiger partial charge on any atom is 0.262 e. The van der Waals surface area contributed by atoms with Crippen LogP contribution in [0.5, 0.6) is 5.75 Å². The number of anilines is 1. The van der Waals surface area contributed by atoms with Gasteiger partial charge in [0.15, 0.2) is 18.2 Å². The normalized spacial score (nSPS) is 10.2. The van der Waals surface area contributed by atoms with Crippen molar-refractivity contribution in [3.8, 4) is 5.75 Å². The number of benzene rings is 2. The molecule has 0 aliphatic rings. The fourth-order valence-electron chi connectivity index (χ4n) is 1.66. The highest BCUT2D eigenvalue weighted by atomic mass is 19.2. The molecule has 0 fully saturated rings. The van der Waals surface area contributed by atoms with Gasteiger partial charge in [0.1, 0.15) is 5.75 Å². The quantitative estimate of drug-likeness (QED) is 0.889. The highest BCUT2D eigenvalue weighted by molar-refractivity contribution is 5.91. The van der Waals surface area contributed by atoms with Crippen molar-refractivity contribution in [2.45, 2.75) is 6.54 Å². The van der Waals surface area contributed by atoms with Crippen molar-refractivity contribution in [1.82, 2.24) is 0 Å². The van der Waals surface area contributed by atoms with E-state index in [1.165, 1.54) is 12.1 Å². The van der Waals surface area contributed by atoms with Gasteiger partial charge in [-0.05, 0) is 29.8 Å². The Kier molecular flexibility index (Phi) is 4.84. The van der Waals surface area contributed by atoms with E-state index in [-0.39, 0.29) is 12.3 Å². The van der Waals surface area contributed by atoms with Crippen LogP contribution in [0.4, 0.5) is 14.5 Å². The zero-order valence-electron chi connectivity index (χ0n) is 11.1.